The van der Waals surface area contributed by atoms with Gasteiger partial charge < -0.3 is 0 Å². The Hall–Kier alpha value is -1.75. The van der Waals surface area contributed by atoms with Crippen molar-refractivity contribution in [2.45, 2.75) is 70.1 Å². The fourth-order valence-corrected chi connectivity index (χ4v) is 7.11. The average Bonchev–Trinajstić information content (AvgIpc) is 3.09. The molecule has 0 spiro atoms. The van der Waals surface area contributed by atoms with Gasteiger partial charge in [0, 0.05) is 11.0 Å². The predicted molar refractivity (Wildman–Crippen MR) is 113 cm³/mol. The summed E-state index contributed by atoms with van der Waals surface area (Å²) in [6.07, 6.45) is 8.09. The molecule has 4 bridgehead atoms. The largest absolute Gasteiger partial charge is 0.296 e. The van der Waals surface area contributed by atoms with Crippen LogP contribution in [0.5, 0.6) is 0 Å². The third-order valence-electron chi connectivity index (χ3n) is 7.15. The van der Waals surface area contributed by atoms with E-state index < -0.39 is 0 Å². The highest BCUT2D eigenvalue weighted by molar-refractivity contribution is 7.15. The first-order valence-corrected chi connectivity index (χ1v) is 11.4. The number of nitrogens with zero attached hydrogens (tertiary/aromatic N) is 2. The molecule has 4 nitrogen and oxygen atoms in total. The molecule has 4 aliphatic rings. The summed E-state index contributed by atoms with van der Waals surface area (Å²) in [7, 11) is 0. The van der Waals surface area contributed by atoms with Crippen LogP contribution >= 0.6 is 11.3 Å². The Morgan fingerprint density at radius 1 is 1.00 bits per heavy atom. The summed E-state index contributed by atoms with van der Waals surface area (Å²) in [5.41, 5.74) is 2.22. The zero-order valence-electron chi connectivity index (χ0n) is 17.0. The van der Waals surface area contributed by atoms with Crippen LogP contribution < -0.4 is 5.32 Å². The second-order valence-electron chi connectivity index (χ2n) is 10.4. The second kappa shape index (κ2) is 6.38. The van der Waals surface area contributed by atoms with Gasteiger partial charge in [-0.25, -0.2) is 0 Å². The number of hydrogen-bond acceptors (Lipinski definition) is 4. The van der Waals surface area contributed by atoms with Crippen LogP contribution in [0, 0.1) is 17.8 Å². The summed E-state index contributed by atoms with van der Waals surface area (Å²) in [5, 5.41) is 13.7. The minimum absolute atomic E-state index is 0.0843. The van der Waals surface area contributed by atoms with Gasteiger partial charge >= 0.3 is 0 Å². The molecule has 1 heterocycles. The van der Waals surface area contributed by atoms with E-state index in [0.717, 1.165) is 22.8 Å². The standard InChI is InChI=1S/C23H29N3OS/c1-22(2,3)18-6-4-17(5-7-18)19(27)24-21-26-25-20(28-21)23-11-14-8-15(12-23)10-16(9-14)13-23/h4-7,14-16H,8-13H2,1-3H3,(H,24,26,27). The Kier molecular flexibility index (Phi) is 4.17. The van der Waals surface area contributed by atoms with Crippen LogP contribution in [0.3, 0.4) is 0 Å². The normalized spacial score (nSPS) is 31.2. The number of carbonyl (C=O) groups is 1. The molecule has 0 saturated heterocycles. The van der Waals surface area contributed by atoms with Gasteiger partial charge in [0.2, 0.25) is 5.13 Å². The van der Waals surface area contributed by atoms with E-state index in [1.807, 2.05) is 24.3 Å². The molecule has 0 radical (unpaired) electrons. The van der Waals surface area contributed by atoms with E-state index in [0.29, 0.717) is 10.7 Å². The van der Waals surface area contributed by atoms with Gasteiger partial charge in [-0.05, 0) is 79.4 Å². The highest BCUT2D eigenvalue weighted by atomic mass is 32.1. The van der Waals surface area contributed by atoms with Gasteiger partial charge in [0.05, 0.1) is 0 Å². The summed E-state index contributed by atoms with van der Waals surface area (Å²) < 4.78 is 0. The molecule has 2 aromatic rings. The smallest absolute Gasteiger partial charge is 0.257 e. The van der Waals surface area contributed by atoms with Gasteiger partial charge in [-0.3, -0.25) is 10.1 Å². The highest BCUT2D eigenvalue weighted by Crippen LogP contribution is 2.61. The zero-order valence-corrected chi connectivity index (χ0v) is 17.8. The summed E-state index contributed by atoms with van der Waals surface area (Å²) in [5.74, 6) is 2.55. The van der Waals surface area contributed by atoms with E-state index in [2.05, 4.69) is 36.3 Å². The molecule has 0 atom stereocenters. The molecule has 28 heavy (non-hydrogen) atoms. The van der Waals surface area contributed by atoms with Crippen molar-refractivity contribution in [1.82, 2.24) is 10.2 Å². The van der Waals surface area contributed by atoms with Crippen LogP contribution in [0.15, 0.2) is 24.3 Å². The first kappa shape index (κ1) is 18.3. The van der Waals surface area contributed by atoms with E-state index in [1.54, 1.807) is 11.3 Å². The van der Waals surface area contributed by atoms with Gasteiger partial charge in [0.25, 0.3) is 5.91 Å². The van der Waals surface area contributed by atoms with Crippen LogP contribution in [0.1, 0.15) is 80.2 Å². The lowest BCUT2D eigenvalue weighted by molar-refractivity contribution is -0.00555. The van der Waals surface area contributed by atoms with Gasteiger partial charge in [-0.1, -0.05) is 44.2 Å². The van der Waals surface area contributed by atoms with Crippen molar-refractivity contribution in [2.75, 3.05) is 5.32 Å². The number of amides is 1. The van der Waals surface area contributed by atoms with Crippen LogP contribution in [-0.4, -0.2) is 16.1 Å². The third kappa shape index (κ3) is 3.18. The van der Waals surface area contributed by atoms with Crippen LogP contribution in [-0.2, 0) is 10.8 Å². The Morgan fingerprint density at radius 2 is 1.57 bits per heavy atom. The SMILES string of the molecule is CC(C)(C)c1ccc(C(=O)Nc2nnc(C34CC5CC(CC(C5)C3)C4)s2)cc1. The van der Waals surface area contributed by atoms with Gasteiger partial charge in [-0.15, -0.1) is 10.2 Å². The lowest BCUT2D eigenvalue weighted by atomic mass is 9.50. The summed E-state index contributed by atoms with van der Waals surface area (Å²) in [6, 6.07) is 7.87. The van der Waals surface area contributed by atoms with Crippen molar-refractivity contribution in [2.24, 2.45) is 17.8 Å². The van der Waals surface area contributed by atoms with E-state index in [-0.39, 0.29) is 16.7 Å². The molecule has 4 fully saturated rings. The van der Waals surface area contributed by atoms with Crippen molar-refractivity contribution in [3.8, 4) is 0 Å². The monoisotopic (exact) mass is 395 g/mol. The fraction of sp³-hybridized carbons (Fsp3) is 0.609. The number of nitrogens with one attached hydrogen (secondary N) is 1. The molecule has 148 valence electrons. The van der Waals surface area contributed by atoms with Crippen LogP contribution in [0.25, 0.3) is 0 Å². The minimum Gasteiger partial charge on any atom is -0.296 e. The molecule has 0 aliphatic heterocycles. The Labute approximate surface area is 171 Å². The van der Waals surface area contributed by atoms with Crippen molar-refractivity contribution in [1.29, 1.82) is 0 Å². The van der Waals surface area contributed by atoms with E-state index in [9.17, 15) is 4.79 Å². The third-order valence-corrected chi connectivity index (χ3v) is 8.24. The van der Waals surface area contributed by atoms with Crippen molar-refractivity contribution < 1.29 is 4.79 Å². The fourth-order valence-electron chi connectivity index (χ4n) is 6.15. The zero-order chi connectivity index (χ0) is 19.5. The molecular formula is C23H29N3OS. The first-order chi connectivity index (χ1) is 13.3. The number of rotatable bonds is 3. The van der Waals surface area contributed by atoms with Crippen molar-refractivity contribution >= 4 is 22.4 Å². The maximum Gasteiger partial charge on any atom is 0.257 e. The Bertz CT molecular complexity index is 858. The van der Waals surface area contributed by atoms with E-state index in [4.69, 9.17) is 0 Å². The molecule has 1 amide bonds. The second-order valence-corrected chi connectivity index (χ2v) is 11.4. The Morgan fingerprint density at radius 3 is 2.11 bits per heavy atom. The summed E-state index contributed by atoms with van der Waals surface area (Å²) >= 11 is 1.60. The Balaban J connectivity index is 1.31. The van der Waals surface area contributed by atoms with Crippen LogP contribution in [0.4, 0.5) is 5.13 Å². The minimum atomic E-state index is -0.103. The van der Waals surface area contributed by atoms with E-state index >= 15 is 0 Å². The number of anilines is 1. The van der Waals surface area contributed by atoms with Crippen molar-refractivity contribution in [3.63, 3.8) is 0 Å². The molecule has 1 aromatic heterocycles. The molecule has 0 unspecified atom stereocenters. The first-order valence-electron chi connectivity index (χ1n) is 10.6. The number of carbonyl (C=O) groups excluding carboxylic acids is 1. The average molecular weight is 396 g/mol. The lowest BCUT2D eigenvalue weighted by Crippen LogP contribution is -2.48. The highest BCUT2D eigenvalue weighted by Gasteiger charge is 2.53. The van der Waals surface area contributed by atoms with Gasteiger partial charge in [0.15, 0.2) is 0 Å². The topological polar surface area (TPSA) is 54.9 Å². The summed E-state index contributed by atoms with van der Waals surface area (Å²) in [6.45, 7) is 6.53. The molecule has 1 N–H and O–H groups in total. The molecule has 4 saturated carbocycles. The van der Waals surface area contributed by atoms with Crippen LogP contribution in [0.2, 0.25) is 0 Å². The predicted octanol–water partition coefficient (Wildman–Crippen LogP) is 5.56. The quantitative estimate of drug-likeness (QED) is 0.741. The van der Waals surface area contributed by atoms with Crippen molar-refractivity contribution in [3.05, 3.63) is 40.4 Å². The molecule has 5 heteroatoms. The number of hydrogen-bond donors (Lipinski definition) is 1. The lowest BCUT2D eigenvalue weighted by Gasteiger charge is -2.55. The van der Waals surface area contributed by atoms with Gasteiger partial charge in [-0.2, -0.15) is 0 Å². The molecule has 4 aliphatic carbocycles. The molecule has 1 aromatic carbocycles. The molecule has 6 rings (SSSR count). The van der Waals surface area contributed by atoms with Gasteiger partial charge in [0.1, 0.15) is 5.01 Å². The summed E-state index contributed by atoms with van der Waals surface area (Å²) in [4.78, 5) is 12.7. The number of aromatic nitrogens is 2. The van der Waals surface area contributed by atoms with E-state index in [1.165, 1.54) is 44.1 Å². The molecular weight excluding hydrogens is 366 g/mol. The number of benzene rings is 1. The maximum absolute atomic E-state index is 12.7. The maximum atomic E-state index is 12.7.